The first-order chi connectivity index (χ1) is 12.3. The second-order valence-corrected chi connectivity index (χ2v) is 6.36. The monoisotopic (exact) mass is 328 g/mol. The summed E-state index contributed by atoms with van der Waals surface area (Å²) in [5, 5.41) is 0. The topological polar surface area (TPSA) is 52.7 Å². The van der Waals surface area contributed by atoms with Crippen LogP contribution in [-0.4, -0.2) is 19.1 Å². The van der Waals surface area contributed by atoms with E-state index < -0.39 is 0 Å². The molecule has 0 unspecified atom stereocenters. The van der Waals surface area contributed by atoms with Crippen LogP contribution in [0.25, 0.3) is 28.1 Å². The average Bonchev–Trinajstić information content (AvgIpc) is 3.41. The predicted octanol–water partition coefficient (Wildman–Crippen LogP) is 3.58. The van der Waals surface area contributed by atoms with Gasteiger partial charge in [-0.3, -0.25) is 14.3 Å². The molecule has 0 bridgehead atoms. The van der Waals surface area contributed by atoms with Crippen molar-refractivity contribution in [3.05, 3.63) is 77.5 Å². The highest BCUT2D eigenvalue weighted by atomic mass is 16.1. The fourth-order valence-electron chi connectivity index (χ4n) is 3.24. The minimum Gasteiger partial charge on any atom is -0.312 e. The van der Waals surface area contributed by atoms with Crippen LogP contribution in [0.4, 0.5) is 0 Å². The Labute approximate surface area is 144 Å². The molecular weight excluding hydrogens is 312 g/mol. The molecule has 1 aliphatic carbocycles. The first-order valence-corrected chi connectivity index (χ1v) is 8.42. The van der Waals surface area contributed by atoms with E-state index >= 15 is 0 Å². The Morgan fingerprint density at radius 1 is 1.04 bits per heavy atom. The molecule has 4 aromatic rings. The maximum Gasteiger partial charge on any atom is 0.251 e. The maximum atomic E-state index is 12.5. The van der Waals surface area contributed by atoms with Crippen molar-refractivity contribution in [2.45, 2.75) is 18.9 Å². The van der Waals surface area contributed by atoms with Crippen LogP contribution in [-0.2, 0) is 0 Å². The van der Waals surface area contributed by atoms with Crippen molar-refractivity contribution in [3.63, 3.8) is 0 Å². The van der Waals surface area contributed by atoms with Crippen molar-refractivity contribution in [1.82, 2.24) is 19.1 Å². The largest absolute Gasteiger partial charge is 0.312 e. The Hall–Kier alpha value is -3.21. The van der Waals surface area contributed by atoms with Crippen LogP contribution in [0.3, 0.4) is 0 Å². The van der Waals surface area contributed by atoms with Crippen LogP contribution in [0.2, 0.25) is 0 Å². The van der Waals surface area contributed by atoms with Gasteiger partial charge in [-0.2, -0.15) is 0 Å². The van der Waals surface area contributed by atoms with Crippen LogP contribution in [0, 0.1) is 0 Å². The van der Waals surface area contributed by atoms with Gasteiger partial charge < -0.3 is 4.57 Å². The summed E-state index contributed by atoms with van der Waals surface area (Å²) in [6.07, 6.45) is 7.62. The van der Waals surface area contributed by atoms with Crippen molar-refractivity contribution in [1.29, 1.82) is 0 Å². The van der Waals surface area contributed by atoms with Gasteiger partial charge in [0.2, 0.25) is 0 Å². The van der Waals surface area contributed by atoms with Crippen molar-refractivity contribution in [2.24, 2.45) is 0 Å². The summed E-state index contributed by atoms with van der Waals surface area (Å²) < 4.78 is 3.87. The lowest BCUT2D eigenvalue weighted by Crippen LogP contribution is -2.17. The van der Waals surface area contributed by atoms with Crippen molar-refractivity contribution in [2.75, 3.05) is 0 Å². The lowest BCUT2D eigenvalue weighted by Gasteiger charge is -2.10. The van der Waals surface area contributed by atoms with Gasteiger partial charge in [-0.1, -0.05) is 18.2 Å². The number of benzene rings is 1. The lowest BCUT2D eigenvalue weighted by atomic mass is 10.2. The summed E-state index contributed by atoms with van der Waals surface area (Å²) in [5.41, 5.74) is 3.64. The van der Waals surface area contributed by atoms with Crippen LogP contribution in [0.1, 0.15) is 18.9 Å². The number of hydrogen-bond acceptors (Lipinski definition) is 3. The molecule has 122 valence electrons. The van der Waals surface area contributed by atoms with Crippen LogP contribution in [0.5, 0.6) is 0 Å². The molecule has 1 aliphatic rings. The molecule has 5 heteroatoms. The molecule has 1 fully saturated rings. The number of nitrogens with zero attached hydrogens (tertiary/aromatic N) is 4. The van der Waals surface area contributed by atoms with Gasteiger partial charge in [0.25, 0.3) is 5.56 Å². The van der Waals surface area contributed by atoms with Gasteiger partial charge in [0, 0.05) is 35.8 Å². The van der Waals surface area contributed by atoms with Gasteiger partial charge in [0.1, 0.15) is 5.82 Å². The highest BCUT2D eigenvalue weighted by Gasteiger charge is 2.24. The second kappa shape index (κ2) is 5.41. The zero-order valence-corrected chi connectivity index (χ0v) is 13.5. The van der Waals surface area contributed by atoms with E-state index in [4.69, 9.17) is 4.98 Å². The molecule has 1 aromatic carbocycles. The van der Waals surface area contributed by atoms with Crippen LogP contribution in [0.15, 0.2) is 71.9 Å². The number of fused-ring (bicyclic) bond motifs is 1. The summed E-state index contributed by atoms with van der Waals surface area (Å²) in [4.78, 5) is 21.5. The minimum atomic E-state index is 0.0322. The van der Waals surface area contributed by atoms with E-state index in [2.05, 4.69) is 9.55 Å². The fourth-order valence-corrected chi connectivity index (χ4v) is 3.24. The van der Waals surface area contributed by atoms with Gasteiger partial charge in [-0.05, 0) is 37.1 Å². The molecule has 5 nitrogen and oxygen atoms in total. The Bertz CT molecular complexity index is 1120. The summed E-state index contributed by atoms with van der Waals surface area (Å²) in [6.45, 7) is 0. The molecule has 0 amide bonds. The Kier molecular flexibility index (Phi) is 3.06. The van der Waals surface area contributed by atoms with Gasteiger partial charge in [-0.25, -0.2) is 4.98 Å². The number of imidazole rings is 1. The number of aromatic nitrogens is 4. The van der Waals surface area contributed by atoms with Crippen molar-refractivity contribution < 1.29 is 0 Å². The third kappa shape index (κ3) is 2.36. The first-order valence-electron chi connectivity index (χ1n) is 8.42. The molecule has 25 heavy (non-hydrogen) atoms. The first kappa shape index (κ1) is 14.2. The Balaban J connectivity index is 1.76. The van der Waals surface area contributed by atoms with E-state index in [1.165, 1.54) is 0 Å². The fraction of sp³-hybridized carbons (Fsp3) is 0.150. The molecule has 5 rings (SSSR count). The summed E-state index contributed by atoms with van der Waals surface area (Å²) in [5.74, 6) is 0.759. The van der Waals surface area contributed by atoms with E-state index in [1.807, 2.05) is 59.4 Å². The molecule has 0 spiro atoms. The molecule has 0 N–H and O–H groups in total. The van der Waals surface area contributed by atoms with Crippen LogP contribution >= 0.6 is 0 Å². The summed E-state index contributed by atoms with van der Waals surface area (Å²) >= 11 is 0. The van der Waals surface area contributed by atoms with E-state index in [1.54, 1.807) is 12.3 Å². The third-order valence-electron chi connectivity index (χ3n) is 4.62. The minimum absolute atomic E-state index is 0.0322. The molecule has 0 atom stereocenters. The lowest BCUT2D eigenvalue weighted by molar-refractivity contribution is 0.707. The van der Waals surface area contributed by atoms with Gasteiger partial charge in [-0.15, -0.1) is 0 Å². The van der Waals surface area contributed by atoms with E-state index in [-0.39, 0.29) is 5.56 Å². The van der Waals surface area contributed by atoms with Gasteiger partial charge in [0.05, 0.1) is 17.2 Å². The maximum absolute atomic E-state index is 12.5. The molecular formula is C20H16N4O. The normalized spacial score (nSPS) is 14.1. The van der Waals surface area contributed by atoms with E-state index in [0.29, 0.717) is 6.04 Å². The molecule has 1 saturated carbocycles. The summed E-state index contributed by atoms with van der Waals surface area (Å²) in [6, 6.07) is 16.0. The number of rotatable bonds is 3. The SMILES string of the molecule is O=c1cc(-c2nc3ccncc3n2-c2ccccc2)ccn1C1CC1. The van der Waals surface area contributed by atoms with E-state index in [0.717, 1.165) is 41.0 Å². The zero-order valence-electron chi connectivity index (χ0n) is 13.5. The summed E-state index contributed by atoms with van der Waals surface area (Å²) in [7, 11) is 0. The second-order valence-electron chi connectivity index (χ2n) is 6.36. The Morgan fingerprint density at radius 2 is 1.88 bits per heavy atom. The van der Waals surface area contributed by atoms with Crippen molar-refractivity contribution in [3.8, 4) is 17.1 Å². The standard InChI is InChI=1S/C20H16N4O/c25-19-12-14(9-11-23(19)15-6-7-15)20-22-17-8-10-21-13-18(17)24(20)16-4-2-1-3-5-16/h1-5,8-13,15H,6-7H2. The average molecular weight is 328 g/mol. The molecule has 0 radical (unpaired) electrons. The Morgan fingerprint density at radius 3 is 2.64 bits per heavy atom. The molecule has 0 saturated heterocycles. The number of pyridine rings is 2. The predicted molar refractivity (Wildman–Crippen MR) is 96.8 cm³/mol. The quantitative estimate of drug-likeness (QED) is 0.577. The van der Waals surface area contributed by atoms with Gasteiger partial charge >= 0.3 is 0 Å². The highest BCUT2D eigenvalue weighted by Crippen LogP contribution is 2.34. The molecule has 3 aromatic heterocycles. The van der Waals surface area contributed by atoms with Crippen LogP contribution < -0.4 is 5.56 Å². The van der Waals surface area contributed by atoms with E-state index in [9.17, 15) is 4.79 Å². The number of hydrogen-bond donors (Lipinski definition) is 0. The van der Waals surface area contributed by atoms with Crippen molar-refractivity contribution >= 4 is 11.0 Å². The molecule has 0 aliphatic heterocycles. The smallest absolute Gasteiger partial charge is 0.251 e. The zero-order chi connectivity index (χ0) is 16.8. The highest BCUT2D eigenvalue weighted by molar-refractivity contribution is 5.82. The molecule has 3 heterocycles. The van der Waals surface area contributed by atoms with Gasteiger partial charge in [0.15, 0.2) is 0 Å². The number of para-hydroxylation sites is 1. The third-order valence-corrected chi connectivity index (χ3v) is 4.62.